The number of rotatable bonds is 8. The number of unbranched alkanes of at least 4 members (excludes halogenated alkanes) is 1. The molecule has 0 bridgehead atoms. The molecule has 0 unspecified atom stereocenters. The molecule has 0 saturated carbocycles. The van der Waals surface area contributed by atoms with Crippen LogP contribution in [-0.4, -0.2) is 35.3 Å². The first-order valence-electron chi connectivity index (χ1n) is 9.95. The lowest BCUT2D eigenvalue weighted by Gasteiger charge is -2.29. The highest BCUT2D eigenvalue weighted by Crippen LogP contribution is 2.38. The molecular weight excluding hydrogens is 344 g/mol. The minimum absolute atomic E-state index is 0.150. The molecule has 1 aromatic carbocycles. The fourth-order valence-electron chi connectivity index (χ4n) is 3.89. The summed E-state index contributed by atoms with van der Waals surface area (Å²) >= 11 is 0. The van der Waals surface area contributed by atoms with Crippen LogP contribution in [0.1, 0.15) is 74.5 Å². The largest absolute Gasteiger partial charge is 0.433 e. The van der Waals surface area contributed by atoms with Gasteiger partial charge in [-0.2, -0.15) is 0 Å². The Morgan fingerprint density at radius 3 is 2.81 bits per heavy atom. The number of nitrogens with zero attached hydrogens (tertiary/aromatic N) is 1. The van der Waals surface area contributed by atoms with E-state index in [-0.39, 0.29) is 11.8 Å². The maximum absolute atomic E-state index is 12.8. The average molecular weight is 372 g/mol. The van der Waals surface area contributed by atoms with Gasteiger partial charge in [0, 0.05) is 18.5 Å². The van der Waals surface area contributed by atoms with E-state index in [9.17, 15) is 14.4 Å². The number of fused-ring (bicyclic) bond motifs is 1. The number of hydrogen-bond acceptors (Lipinski definition) is 4. The third kappa shape index (κ3) is 3.99. The Kier molecular flexibility index (Phi) is 6.14. The molecule has 2 aliphatic heterocycles. The predicted octanol–water partition coefficient (Wildman–Crippen LogP) is 3.18. The zero-order valence-electron chi connectivity index (χ0n) is 16.1. The molecule has 0 spiro atoms. The summed E-state index contributed by atoms with van der Waals surface area (Å²) in [5, 5.41) is 3.02. The van der Waals surface area contributed by atoms with Crippen molar-refractivity contribution in [3.8, 4) is 0 Å². The number of carbonyl (C=O) groups is 3. The third-order valence-corrected chi connectivity index (χ3v) is 5.58. The highest BCUT2D eigenvalue weighted by molar-refractivity contribution is 5.96. The fraction of sp³-hybridized carbons (Fsp3) is 0.571. The molecule has 3 rings (SSSR count). The highest BCUT2D eigenvalue weighted by atomic mass is 16.6. The molecule has 6 heteroatoms. The first-order valence-corrected chi connectivity index (χ1v) is 9.95. The predicted molar refractivity (Wildman–Crippen MR) is 101 cm³/mol. The molecule has 1 saturated heterocycles. The SMILES string of the molecule is CCCC[C@H](CC)CNC(=O)[C@H]1CCC(=O)N1[C@H]1OC(=O)c2ccccc21. The number of esters is 1. The number of amides is 2. The molecule has 1 fully saturated rings. The quantitative estimate of drug-likeness (QED) is 0.711. The second kappa shape index (κ2) is 8.55. The number of benzene rings is 1. The maximum Gasteiger partial charge on any atom is 0.340 e. The fourth-order valence-corrected chi connectivity index (χ4v) is 3.89. The Morgan fingerprint density at radius 2 is 2.07 bits per heavy atom. The van der Waals surface area contributed by atoms with Crippen LogP contribution in [0.15, 0.2) is 24.3 Å². The van der Waals surface area contributed by atoms with Crippen LogP contribution >= 0.6 is 0 Å². The van der Waals surface area contributed by atoms with Crippen molar-refractivity contribution in [2.75, 3.05) is 6.54 Å². The van der Waals surface area contributed by atoms with Crippen molar-refractivity contribution in [3.05, 3.63) is 35.4 Å². The van der Waals surface area contributed by atoms with Crippen molar-refractivity contribution < 1.29 is 19.1 Å². The first-order chi connectivity index (χ1) is 13.1. The lowest BCUT2D eigenvalue weighted by molar-refractivity contribution is -0.145. The number of cyclic esters (lactones) is 1. The van der Waals surface area contributed by atoms with E-state index >= 15 is 0 Å². The van der Waals surface area contributed by atoms with Crippen LogP contribution in [-0.2, 0) is 14.3 Å². The van der Waals surface area contributed by atoms with Crippen LogP contribution in [0.4, 0.5) is 0 Å². The molecule has 2 heterocycles. The van der Waals surface area contributed by atoms with E-state index in [0.717, 1.165) is 25.7 Å². The summed E-state index contributed by atoms with van der Waals surface area (Å²) in [6.45, 7) is 4.91. The molecule has 146 valence electrons. The number of carbonyl (C=O) groups excluding carboxylic acids is 3. The van der Waals surface area contributed by atoms with Gasteiger partial charge in [-0.15, -0.1) is 0 Å². The normalized spacial score (nSPS) is 22.5. The van der Waals surface area contributed by atoms with Gasteiger partial charge in [-0.1, -0.05) is 51.3 Å². The second-order valence-electron chi connectivity index (χ2n) is 7.36. The Balaban J connectivity index is 1.70. The van der Waals surface area contributed by atoms with Crippen LogP contribution in [0.3, 0.4) is 0 Å². The molecule has 0 aliphatic carbocycles. The van der Waals surface area contributed by atoms with E-state index in [1.807, 2.05) is 6.07 Å². The molecule has 3 atom stereocenters. The van der Waals surface area contributed by atoms with Gasteiger partial charge in [-0.25, -0.2) is 4.79 Å². The highest BCUT2D eigenvalue weighted by Gasteiger charge is 2.46. The topological polar surface area (TPSA) is 75.7 Å². The van der Waals surface area contributed by atoms with Gasteiger partial charge in [-0.05, 0) is 24.8 Å². The van der Waals surface area contributed by atoms with Gasteiger partial charge in [0.2, 0.25) is 18.0 Å². The van der Waals surface area contributed by atoms with Crippen molar-refractivity contribution in [1.82, 2.24) is 10.2 Å². The average Bonchev–Trinajstić information content (AvgIpc) is 3.22. The molecule has 0 radical (unpaired) electrons. The van der Waals surface area contributed by atoms with Crippen molar-refractivity contribution in [3.63, 3.8) is 0 Å². The zero-order chi connectivity index (χ0) is 19.4. The Hall–Kier alpha value is -2.37. The number of nitrogens with one attached hydrogen (secondary N) is 1. The van der Waals surface area contributed by atoms with Gasteiger partial charge in [0.05, 0.1) is 5.56 Å². The Labute approximate surface area is 160 Å². The van der Waals surface area contributed by atoms with Gasteiger partial charge < -0.3 is 10.1 Å². The third-order valence-electron chi connectivity index (χ3n) is 5.58. The molecule has 1 aromatic rings. The standard InChI is InChI=1S/C21H28N2O4/c1-3-5-8-14(4-2)13-22-19(25)17-11-12-18(24)23(17)20-15-9-6-7-10-16(15)21(26)27-20/h6-7,9-10,14,17,20H,3-5,8,11-13H2,1-2H3,(H,22,25)/t14-,17+,20-/m0/s1. The van der Waals surface area contributed by atoms with Crippen LogP contribution in [0, 0.1) is 5.92 Å². The maximum atomic E-state index is 12.8. The van der Waals surface area contributed by atoms with E-state index in [1.54, 1.807) is 18.2 Å². The van der Waals surface area contributed by atoms with Crippen molar-refractivity contribution in [2.45, 2.75) is 64.6 Å². The molecular formula is C21H28N2O4. The Morgan fingerprint density at radius 1 is 1.30 bits per heavy atom. The van der Waals surface area contributed by atoms with Gasteiger partial charge >= 0.3 is 5.97 Å². The molecule has 0 aromatic heterocycles. The Bertz CT molecular complexity index is 718. The summed E-state index contributed by atoms with van der Waals surface area (Å²) in [7, 11) is 0. The lowest BCUT2D eigenvalue weighted by atomic mass is 9.99. The number of ether oxygens (including phenoxy) is 1. The van der Waals surface area contributed by atoms with Crippen LogP contribution < -0.4 is 5.32 Å². The monoisotopic (exact) mass is 372 g/mol. The van der Waals surface area contributed by atoms with Gasteiger partial charge in [0.1, 0.15) is 6.04 Å². The van der Waals surface area contributed by atoms with Gasteiger partial charge in [0.25, 0.3) is 0 Å². The molecule has 1 N–H and O–H groups in total. The minimum atomic E-state index is -0.804. The van der Waals surface area contributed by atoms with Crippen molar-refractivity contribution in [1.29, 1.82) is 0 Å². The number of hydrogen-bond donors (Lipinski definition) is 1. The van der Waals surface area contributed by atoms with E-state index in [2.05, 4.69) is 19.2 Å². The minimum Gasteiger partial charge on any atom is -0.433 e. The number of likely N-dealkylation sites (tertiary alicyclic amines) is 1. The molecule has 6 nitrogen and oxygen atoms in total. The van der Waals surface area contributed by atoms with Crippen molar-refractivity contribution >= 4 is 17.8 Å². The summed E-state index contributed by atoms with van der Waals surface area (Å²) < 4.78 is 5.45. The summed E-state index contributed by atoms with van der Waals surface area (Å²) in [6, 6.07) is 6.45. The van der Waals surface area contributed by atoms with Gasteiger partial charge in [-0.3, -0.25) is 14.5 Å². The van der Waals surface area contributed by atoms with E-state index in [4.69, 9.17) is 4.74 Å². The zero-order valence-corrected chi connectivity index (χ0v) is 16.1. The summed E-state index contributed by atoms with van der Waals surface area (Å²) in [6.07, 6.45) is 4.34. The van der Waals surface area contributed by atoms with Crippen molar-refractivity contribution in [2.24, 2.45) is 5.92 Å². The summed E-state index contributed by atoms with van der Waals surface area (Å²) in [5.74, 6) is -0.302. The molecule has 2 aliphatic rings. The second-order valence-corrected chi connectivity index (χ2v) is 7.36. The summed E-state index contributed by atoms with van der Waals surface area (Å²) in [5.41, 5.74) is 1.12. The van der Waals surface area contributed by atoms with Gasteiger partial charge in [0.15, 0.2) is 0 Å². The molecule has 2 amide bonds. The van der Waals surface area contributed by atoms with E-state index in [1.165, 1.54) is 4.90 Å². The van der Waals surface area contributed by atoms with Crippen LogP contribution in [0.2, 0.25) is 0 Å². The first kappa shape index (κ1) is 19.4. The smallest absolute Gasteiger partial charge is 0.340 e. The van der Waals surface area contributed by atoms with E-state index in [0.29, 0.717) is 36.4 Å². The lowest BCUT2D eigenvalue weighted by Crippen LogP contribution is -2.47. The summed E-state index contributed by atoms with van der Waals surface area (Å²) in [4.78, 5) is 38.8. The van der Waals surface area contributed by atoms with E-state index < -0.39 is 18.2 Å². The molecule has 27 heavy (non-hydrogen) atoms. The van der Waals surface area contributed by atoms with Crippen LogP contribution in [0.5, 0.6) is 0 Å². The van der Waals surface area contributed by atoms with Crippen LogP contribution in [0.25, 0.3) is 0 Å².